The number of halogens is 1. The van der Waals surface area contributed by atoms with Crippen molar-refractivity contribution in [2.24, 2.45) is 0 Å². The molecule has 2 rings (SSSR count). The highest BCUT2D eigenvalue weighted by Crippen LogP contribution is 2.23. The van der Waals surface area contributed by atoms with Gasteiger partial charge in [-0.1, -0.05) is 19.1 Å². The maximum absolute atomic E-state index is 4.36. The van der Waals surface area contributed by atoms with Gasteiger partial charge >= 0.3 is 0 Å². The van der Waals surface area contributed by atoms with Crippen LogP contribution in [0, 0.1) is 3.57 Å². The zero-order valence-corrected chi connectivity index (χ0v) is 12.9. The van der Waals surface area contributed by atoms with E-state index in [2.05, 4.69) is 77.3 Å². The van der Waals surface area contributed by atoms with Gasteiger partial charge in [-0.3, -0.25) is 4.68 Å². The minimum Gasteiger partial charge on any atom is -0.306 e. The Labute approximate surface area is 122 Å². The van der Waals surface area contributed by atoms with Gasteiger partial charge in [-0.15, -0.1) is 0 Å². The molecule has 0 radical (unpaired) electrons. The van der Waals surface area contributed by atoms with Crippen LogP contribution in [-0.2, 0) is 6.54 Å². The summed E-state index contributed by atoms with van der Waals surface area (Å²) in [6.07, 6.45) is 4.07. The Bertz CT molecular complexity index is 507. The number of benzene rings is 1. The first kappa shape index (κ1) is 13.5. The molecule has 4 heteroatoms. The molecule has 0 bridgehead atoms. The lowest BCUT2D eigenvalue weighted by Gasteiger charge is -2.17. The van der Waals surface area contributed by atoms with Crippen molar-refractivity contribution in [3.05, 3.63) is 51.4 Å². The van der Waals surface area contributed by atoms with Crippen LogP contribution in [0.3, 0.4) is 0 Å². The number of aryl methyl sites for hydroxylation is 1. The molecule has 0 saturated heterocycles. The molecule has 1 unspecified atom stereocenters. The predicted octanol–water partition coefficient (Wildman–Crippen LogP) is 3.21. The molecular weight excluding hydrogens is 337 g/mol. The molecule has 0 fully saturated rings. The summed E-state index contributed by atoms with van der Waals surface area (Å²) in [5.74, 6) is 0. The highest BCUT2D eigenvalue weighted by atomic mass is 127. The van der Waals surface area contributed by atoms with E-state index >= 15 is 0 Å². The van der Waals surface area contributed by atoms with Gasteiger partial charge in [-0.05, 0) is 53.8 Å². The normalized spacial score (nSPS) is 12.6. The summed E-state index contributed by atoms with van der Waals surface area (Å²) in [5.41, 5.74) is 2.51. The monoisotopic (exact) mass is 355 g/mol. The maximum atomic E-state index is 4.36. The van der Waals surface area contributed by atoms with Crippen LogP contribution in [0.1, 0.15) is 31.0 Å². The molecule has 1 atom stereocenters. The summed E-state index contributed by atoms with van der Waals surface area (Å²) in [6.45, 7) is 6.08. The molecule has 0 aliphatic rings. The topological polar surface area (TPSA) is 29.9 Å². The first-order valence-electron chi connectivity index (χ1n) is 6.25. The van der Waals surface area contributed by atoms with Gasteiger partial charge < -0.3 is 5.32 Å². The molecule has 96 valence electrons. The molecule has 0 spiro atoms. The predicted molar refractivity (Wildman–Crippen MR) is 82.6 cm³/mol. The number of nitrogens with one attached hydrogen (secondary N) is 1. The van der Waals surface area contributed by atoms with Crippen LogP contribution in [0.4, 0.5) is 0 Å². The van der Waals surface area contributed by atoms with Crippen LogP contribution < -0.4 is 5.32 Å². The van der Waals surface area contributed by atoms with E-state index in [1.807, 2.05) is 10.9 Å². The molecule has 0 aliphatic carbocycles. The second-order valence-electron chi connectivity index (χ2n) is 4.18. The minimum atomic E-state index is 0.227. The lowest BCUT2D eigenvalue weighted by molar-refractivity contribution is 0.625. The zero-order valence-electron chi connectivity index (χ0n) is 10.7. The zero-order chi connectivity index (χ0) is 13.0. The summed E-state index contributed by atoms with van der Waals surface area (Å²) >= 11 is 2.35. The highest BCUT2D eigenvalue weighted by Gasteiger charge is 2.14. The average Bonchev–Trinajstić information content (AvgIpc) is 2.84. The minimum absolute atomic E-state index is 0.227. The van der Waals surface area contributed by atoms with E-state index in [1.165, 1.54) is 14.7 Å². The standard InChI is InChI=1S/C14H18IN3/c1-3-16-14(11-6-5-7-13(15)8-11)12-9-17-18(4-2)10-12/h5-10,14,16H,3-4H2,1-2H3. The molecule has 1 aromatic carbocycles. The third kappa shape index (κ3) is 3.11. The van der Waals surface area contributed by atoms with Crippen molar-refractivity contribution in [3.8, 4) is 0 Å². The lowest BCUT2D eigenvalue weighted by Crippen LogP contribution is -2.21. The van der Waals surface area contributed by atoms with Gasteiger partial charge in [0.15, 0.2) is 0 Å². The fourth-order valence-electron chi connectivity index (χ4n) is 2.02. The van der Waals surface area contributed by atoms with Gasteiger partial charge in [0.25, 0.3) is 0 Å². The van der Waals surface area contributed by atoms with E-state index in [0.29, 0.717) is 0 Å². The molecule has 0 amide bonds. The molecular formula is C14H18IN3. The fourth-order valence-corrected chi connectivity index (χ4v) is 2.59. The van der Waals surface area contributed by atoms with Gasteiger partial charge in [-0.25, -0.2) is 0 Å². The first-order valence-corrected chi connectivity index (χ1v) is 7.33. The summed E-state index contributed by atoms with van der Waals surface area (Å²) in [5, 5.41) is 7.88. The van der Waals surface area contributed by atoms with Crippen molar-refractivity contribution < 1.29 is 0 Å². The Kier molecular flexibility index (Phi) is 4.77. The van der Waals surface area contributed by atoms with Gasteiger partial charge in [0.1, 0.15) is 0 Å². The van der Waals surface area contributed by atoms with Crippen LogP contribution >= 0.6 is 22.6 Å². The van der Waals surface area contributed by atoms with Gasteiger partial charge in [0, 0.05) is 21.9 Å². The molecule has 0 aliphatic heterocycles. The van der Waals surface area contributed by atoms with Crippen molar-refractivity contribution >= 4 is 22.6 Å². The Hall–Kier alpha value is -0.880. The Morgan fingerprint density at radius 1 is 1.33 bits per heavy atom. The molecule has 1 N–H and O–H groups in total. The second-order valence-corrected chi connectivity index (χ2v) is 5.42. The average molecular weight is 355 g/mol. The van der Waals surface area contributed by atoms with Crippen LogP contribution in [0.2, 0.25) is 0 Å². The van der Waals surface area contributed by atoms with Crippen LogP contribution in [0.25, 0.3) is 0 Å². The molecule has 1 aromatic heterocycles. The van der Waals surface area contributed by atoms with E-state index < -0.39 is 0 Å². The highest BCUT2D eigenvalue weighted by molar-refractivity contribution is 14.1. The molecule has 18 heavy (non-hydrogen) atoms. The fraction of sp³-hybridized carbons (Fsp3) is 0.357. The summed E-state index contributed by atoms with van der Waals surface area (Å²) in [6, 6.07) is 8.83. The maximum Gasteiger partial charge on any atom is 0.0608 e. The Balaban J connectivity index is 2.33. The number of rotatable bonds is 5. The third-order valence-electron chi connectivity index (χ3n) is 2.90. The van der Waals surface area contributed by atoms with Crippen molar-refractivity contribution in [3.63, 3.8) is 0 Å². The smallest absolute Gasteiger partial charge is 0.0608 e. The summed E-state index contributed by atoms with van der Waals surface area (Å²) in [7, 11) is 0. The quantitative estimate of drug-likeness (QED) is 0.835. The van der Waals surface area contributed by atoms with Crippen LogP contribution in [0.5, 0.6) is 0 Å². The SMILES string of the molecule is CCNC(c1cccc(I)c1)c1cnn(CC)c1. The van der Waals surface area contributed by atoms with Gasteiger partial charge in [0.2, 0.25) is 0 Å². The summed E-state index contributed by atoms with van der Waals surface area (Å²) in [4.78, 5) is 0. The number of hydrogen-bond acceptors (Lipinski definition) is 2. The number of hydrogen-bond donors (Lipinski definition) is 1. The molecule has 2 aromatic rings. The summed E-state index contributed by atoms with van der Waals surface area (Å²) < 4.78 is 3.23. The van der Waals surface area contributed by atoms with E-state index in [9.17, 15) is 0 Å². The largest absolute Gasteiger partial charge is 0.306 e. The van der Waals surface area contributed by atoms with Crippen molar-refractivity contribution in [2.75, 3.05) is 6.54 Å². The van der Waals surface area contributed by atoms with Crippen molar-refractivity contribution in [1.29, 1.82) is 0 Å². The first-order chi connectivity index (χ1) is 8.74. The molecule has 1 heterocycles. The van der Waals surface area contributed by atoms with Gasteiger partial charge in [-0.2, -0.15) is 5.10 Å². The number of aromatic nitrogens is 2. The van der Waals surface area contributed by atoms with Crippen molar-refractivity contribution in [1.82, 2.24) is 15.1 Å². The van der Waals surface area contributed by atoms with Crippen LogP contribution in [-0.4, -0.2) is 16.3 Å². The second kappa shape index (κ2) is 6.33. The molecule has 0 saturated carbocycles. The number of nitrogens with zero attached hydrogens (tertiary/aromatic N) is 2. The van der Waals surface area contributed by atoms with E-state index in [4.69, 9.17) is 0 Å². The van der Waals surface area contributed by atoms with Gasteiger partial charge in [0.05, 0.1) is 12.2 Å². The van der Waals surface area contributed by atoms with E-state index in [-0.39, 0.29) is 6.04 Å². The van der Waals surface area contributed by atoms with Crippen molar-refractivity contribution in [2.45, 2.75) is 26.4 Å². The Morgan fingerprint density at radius 3 is 2.78 bits per heavy atom. The molecule has 3 nitrogen and oxygen atoms in total. The van der Waals surface area contributed by atoms with E-state index in [1.54, 1.807) is 0 Å². The van der Waals surface area contributed by atoms with Crippen LogP contribution in [0.15, 0.2) is 36.7 Å². The third-order valence-corrected chi connectivity index (χ3v) is 3.57. The van der Waals surface area contributed by atoms with E-state index in [0.717, 1.165) is 13.1 Å². The lowest BCUT2D eigenvalue weighted by atomic mass is 10.0. The Morgan fingerprint density at radius 2 is 2.17 bits per heavy atom.